The van der Waals surface area contributed by atoms with Gasteiger partial charge >= 0.3 is 0 Å². The van der Waals surface area contributed by atoms with Crippen molar-refractivity contribution in [1.29, 1.82) is 0 Å². The van der Waals surface area contributed by atoms with Crippen LogP contribution in [0.5, 0.6) is 5.75 Å². The Morgan fingerprint density at radius 2 is 1.38 bits per heavy atom. The molecule has 4 heteroatoms. The molecule has 0 amide bonds. The molecule has 0 N–H and O–H groups in total. The highest BCUT2D eigenvalue weighted by molar-refractivity contribution is 5.20. The summed E-state index contributed by atoms with van der Waals surface area (Å²) in [6.45, 7) is 14.3. The molecular formula is C22H39NO3. The second kappa shape index (κ2) is 23.2. The second-order valence-corrected chi connectivity index (χ2v) is 4.58. The van der Waals surface area contributed by atoms with Crippen molar-refractivity contribution < 1.29 is 14.0 Å². The van der Waals surface area contributed by atoms with Crippen LogP contribution >= 0.6 is 0 Å². The average molecular weight is 366 g/mol. The molecule has 0 saturated carbocycles. The van der Waals surface area contributed by atoms with Crippen LogP contribution in [-0.4, -0.2) is 25.0 Å². The SMILES string of the molecule is CC.CC.CC.c1ccc(OCCCCOCCCc2ccon2)cc1. The van der Waals surface area contributed by atoms with Crippen LogP contribution in [0, 0.1) is 0 Å². The molecule has 0 saturated heterocycles. The van der Waals surface area contributed by atoms with E-state index < -0.39 is 0 Å². The number of para-hydroxylation sites is 1. The maximum absolute atomic E-state index is 5.61. The van der Waals surface area contributed by atoms with Gasteiger partial charge in [0.15, 0.2) is 0 Å². The summed E-state index contributed by atoms with van der Waals surface area (Å²) >= 11 is 0. The molecular weight excluding hydrogens is 326 g/mol. The molecule has 0 radical (unpaired) electrons. The molecule has 0 bridgehead atoms. The summed E-state index contributed by atoms with van der Waals surface area (Å²) < 4.78 is 15.9. The maximum Gasteiger partial charge on any atom is 0.124 e. The summed E-state index contributed by atoms with van der Waals surface area (Å²) in [5.41, 5.74) is 0.991. The quantitative estimate of drug-likeness (QED) is 0.447. The Morgan fingerprint density at radius 1 is 0.769 bits per heavy atom. The van der Waals surface area contributed by atoms with Crippen molar-refractivity contribution >= 4 is 0 Å². The van der Waals surface area contributed by atoms with Crippen LogP contribution in [-0.2, 0) is 11.2 Å². The van der Waals surface area contributed by atoms with Gasteiger partial charge in [-0.15, -0.1) is 0 Å². The zero-order valence-corrected chi connectivity index (χ0v) is 17.7. The summed E-state index contributed by atoms with van der Waals surface area (Å²) in [7, 11) is 0. The number of hydrogen-bond donors (Lipinski definition) is 0. The van der Waals surface area contributed by atoms with Crippen LogP contribution in [0.2, 0.25) is 0 Å². The fourth-order valence-electron chi connectivity index (χ4n) is 1.84. The predicted octanol–water partition coefficient (Wildman–Crippen LogP) is 6.56. The van der Waals surface area contributed by atoms with E-state index in [1.807, 2.05) is 77.9 Å². The molecule has 0 aliphatic carbocycles. The van der Waals surface area contributed by atoms with E-state index in [1.165, 1.54) is 0 Å². The highest BCUT2D eigenvalue weighted by Gasteiger charge is 1.97. The Hall–Kier alpha value is -1.81. The van der Waals surface area contributed by atoms with Crippen LogP contribution in [0.4, 0.5) is 0 Å². The Bertz CT molecular complexity index is 444. The molecule has 0 unspecified atom stereocenters. The van der Waals surface area contributed by atoms with Crippen molar-refractivity contribution in [2.75, 3.05) is 19.8 Å². The van der Waals surface area contributed by atoms with Crippen molar-refractivity contribution in [3.05, 3.63) is 48.4 Å². The minimum absolute atomic E-state index is 0.742. The molecule has 0 atom stereocenters. The van der Waals surface area contributed by atoms with E-state index in [1.54, 1.807) is 6.26 Å². The topological polar surface area (TPSA) is 44.5 Å². The number of unbranched alkanes of at least 4 members (excludes halogenated alkanes) is 1. The van der Waals surface area contributed by atoms with Gasteiger partial charge in [-0.3, -0.25) is 0 Å². The summed E-state index contributed by atoms with van der Waals surface area (Å²) in [6.07, 6.45) is 5.53. The number of aromatic nitrogens is 1. The predicted molar refractivity (Wildman–Crippen MR) is 111 cm³/mol. The lowest BCUT2D eigenvalue weighted by atomic mass is 10.2. The van der Waals surface area contributed by atoms with Crippen LogP contribution in [0.15, 0.2) is 47.2 Å². The first-order valence-corrected chi connectivity index (χ1v) is 10.1. The van der Waals surface area contributed by atoms with Crippen molar-refractivity contribution in [1.82, 2.24) is 5.16 Å². The lowest BCUT2D eigenvalue weighted by Crippen LogP contribution is -2.02. The summed E-state index contributed by atoms with van der Waals surface area (Å²) in [5.74, 6) is 0.932. The van der Waals surface area contributed by atoms with E-state index in [0.717, 1.165) is 56.9 Å². The van der Waals surface area contributed by atoms with Gasteiger partial charge in [0, 0.05) is 19.3 Å². The molecule has 150 valence electrons. The van der Waals surface area contributed by atoms with Crippen molar-refractivity contribution in [3.8, 4) is 5.75 Å². The fraction of sp³-hybridized carbons (Fsp3) is 0.591. The van der Waals surface area contributed by atoms with Gasteiger partial charge in [0.05, 0.1) is 12.3 Å². The standard InChI is InChI=1S/C16H21NO3.3C2H6/c1-2-8-16(9-3-1)19-13-5-4-11-18-12-6-7-15-10-14-20-17-15;3*1-2/h1-3,8-10,14H,4-7,11-13H2;3*1-2H3. The first kappa shape index (κ1) is 26.4. The maximum atomic E-state index is 5.61. The van der Waals surface area contributed by atoms with Gasteiger partial charge < -0.3 is 14.0 Å². The molecule has 0 fully saturated rings. The zero-order chi connectivity index (χ0) is 19.9. The third kappa shape index (κ3) is 15.7. The molecule has 0 aliphatic rings. The van der Waals surface area contributed by atoms with Crippen molar-refractivity contribution in [2.45, 2.75) is 67.2 Å². The monoisotopic (exact) mass is 365 g/mol. The van der Waals surface area contributed by atoms with Crippen LogP contribution in [0.1, 0.15) is 66.5 Å². The lowest BCUT2D eigenvalue weighted by molar-refractivity contribution is 0.124. The number of nitrogens with zero attached hydrogens (tertiary/aromatic N) is 1. The Morgan fingerprint density at radius 3 is 2.00 bits per heavy atom. The van der Waals surface area contributed by atoms with Gasteiger partial charge in [-0.25, -0.2) is 0 Å². The van der Waals surface area contributed by atoms with Gasteiger partial charge in [-0.1, -0.05) is 64.9 Å². The Labute approximate surface area is 160 Å². The van der Waals surface area contributed by atoms with Gasteiger partial charge in [-0.2, -0.15) is 0 Å². The number of ether oxygens (including phenoxy) is 2. The largest absolute Gasteiger partial charge is 0.494 e. The molecule has 0 aliphatic heterocycles. The van der Waals surface area contributed by atoms with Crippen LogP contribution in [0.3, 0.4) is 0 Å². The fourth-order valence-corrected chi connectivity index (χ4v) is 1.84. The lowest BCUT2D eigenvalue weighted by Gasteiger charge is -2.06. The normalized spacial score (nSPS) is 8.85. The van der Waals surface area contributed by atoms with Gasteiger partial charge in [-0.05, 0) is 37.8 Å². The third-order valence-electron chi connectivity index (χ3n) is 2.91. The molecule has 2 aromatic rings. The van der Waals surface area contributed by atoms with E-state index in [4.69, 9.17) is 14.0 Å². The first-order chi connectivity index (χ1) is 12.9. The Kier molecular flexibility index (Phi) is 23.6. The van der Waals surface area contributed by atoms with E-state index >= 15 is 0 Å². The third-order valence-corrected chi connectivity index (χ3v) is 2.91. The number of aryl methyl sites for hydroxylation is 1. The first-order valence-electron chi connectivity index (χ1n) is 10.1. The molecule has 2 rings (SSSR count). The van der Waals surface area contributed by atoms with Crippen LogP contribution < -0.4 is 4.74 Å². The van der Waals surface area contributed by atoms with E-state index in [0.29, 0.717) is 0 Å². The van der Waals surface area contributed by atoms with E-state index in [2.05, 4.69) is 5.16 Å². The highest BCUT2D eigenvalue weighted by atomic mass is 16.5. The molecule has 1 aromatic heterocycles. The molecule has 1 heterocycles. The summed E-state index contributed by atoms with van der Waals surface area (Å²) in [4.78, 5) is 0. The minimum Gasteiger partial charge on any atom is -0.494 e. The number of hydrogen-bond acceptors (Lipinski definition) is 4. The Balaban J connectivity index is 0. The van der Waals surface area contributed by atoms with E-state index in [-0.39, 0.29) is 0 Å². The van der Waals surface area contributed by atoms with Gasteiger partial charge in [0.25, 0.3) is 0 Å². The highest BCUT2D eigenvalue weighted by Crippen LogP contribution is 2.08. The molecule has 26 heavy (non-hydrogen) atoms. The van der Waals surface area contributed by atoms with Crippen molar-refractivity contribution in [3.63, 3.8) is 0 Å². The summed E-state index contributed by atoms with van der Waals surface area (Å²) in [5, 5.41) is 3.86. The molecule has 1 aromatic carbocycles. The van der Waals surface area contributed by atoms with Gasteiger partial charge in [0.2, 0.25) is 0 Å². The number of benzene rings is 1. The molecule has 0 spiro atoms. The smallest absolute Gasteiger partial charge is 0.124 e. The van der Waals surface area contributed by atoms with Crippen LogP contribution in [0.25, 0.3) is 0 Å². The second-order valence-electron chi connectivity index (χ2n) is 4.58. The van der Waals surface area contributed by atoms with Gasteiger partial charge in [0.1, 0.15) is 12.0 Å². The molecule has 4 nitrogen and oxygen atoms in total. The average Bonchev–Trinajstić information content (AvgIpc) is 3.26. The van der Waals surface area contributed by atoms with Crippen molar-refractivity contribution in [2.24, 2.45) is 0 Å². The minimum atomic E-state index is 0.742. The zero-order valence-electron chi connectivity index (χ0n) is 17.7. The van der Waals surface area contributed by atoms with E-state index in [9.17, 15) is 0 Å². The number of rotatable bonds is 10. The summed E-state index contributed by atoms with van der Waals surface area (Å²) in [6, 6.07) is 11.8.